The molecule has 1 fully saturated rings. The largest absolute Gasteiger partial charge is 0.457 e. The van der Waals surface area contributed by atoms with Crippen molar-refractivity contribution in [1.29, 1.82) is 0 Å². The summed E-state index contributed by atoms with van der Waals surface area (Å²) < 4.78 is 25.3. The Bertz CT molecular complexity index is 1310. The Morgan fingerprint density at radius 3 is 2.53 bits per heavy atom. The number of benzene rings is 1. The number of likely N-dealkylation sites (tertiary alicyclic amines) is 1. The Kier molecular flexibility index (Phi) is 8.29. The molecule has 1 aromatic carbocycles. The molecule has 2 amide bonds. The van der Waals surface area contributed by atoms with Gasteiger partial charge in [-0.1, -0.05) is 0 Å². The predicted molar refractivity (Wildman–Crippen MR) is 141 cm³/mol. The fourth-order valence-electron chi connectivity index (χ4n) is 4.30. The van der Waals surface area contributed by atoms with Gasteiger partial charge in [-0.3, -0.25) is 18.5 Å². The minimum Gasteiger partial charge on any atom is -0.457 e. The van der Waals surface area contributed by atoms with Gasteiger partial charge in [-0.15, -0.1) is 0 Å². The second-order valence-corrected chi connectivity index (χ2v) is 10.3. The van der Waals surface area contributed by atoms with Crippen LogP contribution in [0.5, 0.6) is 11.5 Å². The van der Waals surface area contributed by atoms with Crippen LogP contribution in [0.15, 0.2) is 48.8 Å². The van der Waals surface area contributed by atoms with Crippen molar-refractivity contribution < 1.29 is 28.2 Å². The molecule has 1 N–H and O–H groups in total. The monoisotopic (exact) mass is 524 g/mol. The molecule has 202 valence electrons. The number of aromatic nitrogens is 2. The van der Waals surface area contributed by atoms with E-state index in [1.165, 1.54) is 4.57 Å². The second kappa shape index (κ2) is 11.6. The third kappa shape index (κ3) is 6.87. The molecule has 9 nitrogen and oxygen atoms in total. The zero-order chi connectivity index (χ0) is 27.3. The number of carbonyl (C=O) groups is 3. The lowest BCUT2D eigenvalue weighted by molar-refractivity contribution is -0.121. The average molecular weight is 525 g/mol. The molecule has 1 saturated heterocycles. The van der Waals surface area contributed by atoms with Gasteiger partial charge in [0.25, 0.3) is 0 Å². The highest BCUT2D eigenvalue weighted by atomic mass is 19.1. The van der Waals surface area contributed by atoms with E-state index in [0.717, 1.165) is 10.9 Å². The molecule has 3 heterocycles. The fourth-order valence-corrected chi connectivity index (χ4v) is 4.30. The summed E-state index contributed by atoms with van der Waals surface area (Å²) in [5.41, 5.74) is 0.165. The Morgan fingerprint density at radius 1 is 1.08 bits per heavy atom. The maximum Gasteiger partial charge on any atom is 0.410 e. The molecule has 1 aliphatic rings. The number of ether oxygens (including phenoxy) is 2. The maximum atomic E-state index is 12.8. The van der Waals surface area contributed by atoms with Gasteiger partial charge in [0.05, 0.1) is 12.2 Å². The van der Waals surface area contributed by atoms with Gasteiger partial charge in [0.2, 0.25) is 11.8 Å². The second-order valence-electron chi connectivity index (χ2n) is 10.3. The van der Waals surface area contributed by atoms with Gasteiger partial charge < -0.3 is 19.7 Å². The first-order valence-corrected chi connectivity index (χ1v) is 12.8. The van der Waals surface area contributed by atoms with Crippen LogP contribution in [0.25, 0.3) is 10.9 Å². The molecule has 3 aromatic rings. The number of amides is 2. The molecule has 0 saturated carbocycles. The van der Waals surface area contributed by atoms with Crippen LogP contribution in [0.3, 0.4) is 0 Å². The highest BCUT2D eigenvalue weighted by Crippen LogP contribution is 2.28. The number of anilines is 1. The third-order valence-corrected chi connectivity index (χ3v) is 6.19. The SMILES string of the molecule is CC(C)(C)OC(=O)N1CCC(C(=O)Nc2cc(Oc3ccc4c(ccn4C(=O)CCCF)c3)ccn2)CC1. The molecule has 0 bridgehead atoms. The molecule has 4 rings (SSSR count). The zero-order valence-electron chi connectivity index (χ0n) is 21.9. The number of hydrogen-bond acceptors (Lipinski definition) is 6. The van der Waals surface area contributed by atoms with Crippen LogP contribution in [0, 0.1) is 5.92 Å². The van der Waals surface area contributed by atoms with Crippen LogP contribution in [0.2, 0.25) is 0 Å². The summed E-state index contributed by atoms with van der Waals surface area (Å²) >= 11 is 0. The summed E-state index contributed by atoms with van der Waals surface area (Å²) in [5.74, 6) is 0.874. The van der Waals surface area contributed by atoms with E-state index in [2.05, 4.69) is 10.3 Å². The van der Waals surface area contributed by atoms with Crippen LogP contribution < -0.4 is 10.1 Å². The van der Waals surface area contributed by atoms with E-state index in [1.807, 2.05) is 32.9 Å². The third-order valence-electron chi connectivity index (χ3n) is 6.19. The molecule has 0 aliphatic carbocycles. The number of rotatable bonds is 7. The lowest BCUT2D eigenvalue weighted by Gasteiger charge is -2.32. The van der Waals surface area contributed by atoms with E-state index in [9.17, 15) is 18.8 Å². The molecule has 0 atom stereocenters. The summed E-state index contributed by atoms with van der Waals surface area (Å²) in [6.45, 7) is 5.86. The molecule has 0 radical (unpaired) electrons. The topological polar surface area (TPSA) is 103 Å². The van der Waals surface area contributed by atoms with Crippen molar-refractivity contribution in [1.82, 2.24) is 14.5 Å². The Morgan fingerprint density at radius 2 is 1.82 bits per heavy atom. The number of piperidine rings is 1. The van der Waals surface area contributed by atoms with Gasteiger partial charge in [-0.05, 0) is 70.4 Å². The zero-order valence-corrected chi connectivity index (χ0v) is 21.9. The van der Waals surface area contributed by atoms with E-state index in [4.69, 9.17) is 9.47 Å². The van der Waals surface area contributed by atoms with Crippen LogP contribution in [-0.4, -0.2) is 57.7 Å². The van der Waals surface area contributed by atoms with Gasteiger partial charge in [-0.2, -0.15) is 0 Å². The quantitative estimate of drug-likeness (QED) is 0.419. The number of halogens is 1. The van der Waals surface area contributed by atoms with Gasteiger partial charge in [0, 0.05) is 49.3 Å². The number of nitrogens with zero attached hydrogens (tertiary/aromatic N) is 3. The molecular formula is C28H33FN4O5. The highest BCUT2D eigenvalue weighted by Gasteiger charge is 2.30. The number of alkyl halides is 1. The van der Waals surface area contributed by atoms with Gasteiger partial charge in [0.1, 0.15) is 22.9 Å². The van der Waals surface area contributed by atoms with Crippen LogP contribution in [-0.2, 0) is 9.53 Å². The minimum absolute atomic E-state index is 0.146. The van der Waals surface area contributed by atoms with E-state index in [0.29, 0.717) is 43.2 Å². The van der Waals surface area contributed by atoms with Crippen molar-refractivity contribution in [2.45, 2.75) is 52.1 Å². The number of carbonyl (C=O) groups excluding carboxylic acids is 3. The van der Waals surface area contributed by atoms with Crippen LogP contribution >= 0.6 is 0 Å². The first kappa shape index (κ1) is 27.1. The molecule has 1 aliphatic heterocycles. The number of pyridine rings is 1. The maximum absolute atomic E-state index is 12.8. The number of hydrogen-bond donors (Lipinski definition) is 1. The van der Waals surface area contributed by atoms with Gasteiger partial charge in [0.15, 0.2) is 0 Å². The summed E-state index contributed by atoms with van der Waals surface area (Å²) in [6.07, 6.45) is 4.29. The molecular weight excluding hydrogens is 491 g/mol. The minimum atomic E-state index is -0.559. The van der Waals surface area contributed by atoms with Crippen molar-refractivity contribution in [2.75, 3.05) is 25.1 Å². The van der Waals surface area contributed by atoms with Crippen molar-refractivity contribution in [3.05, 3.63) is 48.8 Å². The Balaban J connectivity index is 1.34. The van der Waals surface area contributed by atoms with E-state index in [1.54, 1.807) is 41.6 Å². The Labute approximate surface area is 220 Å². The first-order valence-electron chi connectivity index (χ1n) is 12.8. The van der Waals surface area contributed by atoms with Crippen molar-refractivity contribution in [3.8, 4) is 11.5 Å². The lowest BCUT2D eigenvalue weighted by Crippen LogP contribution is -2.43. The average Bonchev–Trinajstić information content (AvgIpc) is 3.30. The summed E-state index contributed by atoms with van der Waals surface area (Å²) in [4.78, 5) is 43.3. The molecule has 0 spiro atoms. The Hall–Kier alpha value is -3.95. The molecule has 2 aromatic heterocycles. The first-order chi connectivity index (χ1) is 18.1. The summed E-state index contributed by atoms with van der Waals surface area (Å²) in [5, 5.41) is 3.67. The number of fused-ring (bicyclic) bond motifs is 1. The van der Waals surface area contributed by atoms with Crippen LogP contribution in [0.4, 0.5) is 15.0 Å². The van der Waals surface area contributed by atoms with E-state index < -0.39 is 12.3 Å². The van der Waals surface area contributed by atoms with E-state index in [-0.39, 0.29) is 36.7 Å². The van der Waals surface area contributed by atoms with Crippen molar-refractivity contribution in [2.24, 2.45) is 5.92 Å². The van der Waals surface area contributed by atoms with Gasteiger partial charge >= 0.3 is 6.09 Å². The van der Waals surface area contributed by atoms with Crippen LogP contribution in [0.1, 0.15) is 51.2 Å². The molecule has 38 heavy (non-hydrogen) atoms. The van der Waals surface area contributed by atoms with Gasteiger partial charge in [-0.25, -0.2) is 9.78 Å². The predicted octanol–water partition coefficient (Wildman–Crippen LogP) is 5.80. The molecule has 10 heteroatoms. The van der Waals surface area contributed by atoms with E-state index >= 15 is 0 Å². The molecule has 0 unspecified atom stereocenters. The van der Waals surface area contributed by atoms with Crippen molar-refractivity contribution in [3.63, 3.8) is 0 Å². The smallest absolute Gasteiger partial charge is 0.410 e. The summed E-state index contributed by atoms with van der Waals surface area (Å²) in [6, 6.07) is 10.5. The lowest BCUT2D eigenvalue weighted by atomic mass is 9.96. The summed E-state index contributed by atoms with van der Waals surface area (Å²) in [7, 11) is 0. The normalized spacial score (nSPS) is 14.4. The number of nitrogens with one attached hydrogen (secondary N) is 1. The van der Waals surface area contributed by atoms with Crippen molar-refractivity contribution >= 4 is 34.6 Å². The fraction of sp³-hybridized carbons (Fsp3) is 0.429. The highest BCUT2D eigenvalue weighted by molar-refractivity contribution is 5.93. The standard InChI is InChI=1S/C28H33FN4O5/c1-28(2,3)38-27(36)32-14-9-19(10-15-32)26(35)31-24-18-22(8-13-30-24)37-21-6-7-23-20(17-21)11-16-33(23)25(34)5-4-12-29/h6-8,11,13,16-19H,4-5,9-10,12,14-15H2,1-3H3,(H,30,31,35).